The van der Waals surface area contributed by atoms with Crippen LogP contribution in [0.5, 0.6) is 0 Å². The number of benzene rings is 1. The minimum absolute atomic E-state index is 0.0647. The van der Waals surface area contributed by atoms with E-state index in [-0.39, 0.29) is 17.9 Å². The van der Waals surface area contributed by atoms with Crippen molar-refractivity contribution < 1.29 is 9.59 Å². The van der Waals surface area contributed by atoms with Gasteiger partial charge in [0.1, 0.15) is 0 Å². The van der Waals surface area contributed by atoms with Gasteiger partial charge in [-0.15, -0.1) is 11.3 Å². The number of para-hydroxylation sites is 1. The maximum Gasteiger partial charge on any atom is 0.322 e. The molecule has 24 heavy (non-hydrogen) atoms. The minimum Gasteiger partial charge on any atom is -0.324 e. The lowest BCUT2D eigenvalue weighted by atomic mass is 9.96. The first-order valence-electron chi connectivity index (χ1n) is 8.07. The van der Waals surface area contributed by atoms with Crippen LogP contribution in [0, 0.1) is 5.92 Å². The number of thiophene rings is 1. The van der Waals surface area contributed by atoms with Gasteiger partial charge in [-0.3, -0.25) is 10.1 Å². The van der Waals surface area contributed by atoms with Gasteiger partial charge in [-0.2, -0.15) is 0 Å². The van der Waals surface area contributed by atoms with Crippen molar-refractivity contribution in [3.05, 3.63) is 47.8 Å². The van der Waals surface area contributed by atoms with Gasteiger partial charge in [0.2, 0.25) is 5.91 Å². The molecule has 5 nitrogen and oxygen atoms in total. The molecular weight excluding hydrogens is 322 g/mol. The highest BCUT2D eigenvalue weighted by Gasteiger charge is 2.30. The normalized spacial score (nSPS) is 17.4. The number of carbonyl (C=O) groups is 2. The minimum atomic E-state index is -0.155. The molecule has 1 atom stereocenters. The molecule has 1 N–H and O–H groups in total. The zero-order chi connectivity index (χ0) is 16.9. The van der Waals surface area contributed by atoms with Crippen molar-refractivity contribution in [2.45, 2.75) is 12.8 Å². The maximum absolute atomic E-state index is 12.8. The highest BCUT2D eigenvalue weighted by Crippen LogP contribution is 2.23. The molecule has 1 aliphatic rings. The van der Waals surface area contributed by atoms with E-state index in [0.717, 1.165) is 23.5 Å². The Morgan fingerprint density at radius 1 is 1.21 bits per heavy atom. The molecule has 0 saturated carbocycles. The Morgan fingerprint density at radius 2 is 2.00 bits per heavy atom. The number of piperidine rings is 1. The quantitative estimate of drug-likeness (QED) is 0.925. The molecule has 3 amide bonds. The average molecular weight is 343 g/mol. The van der Waals surface area contributed by atoms with Crippen LogP contribution in [0.2, 0.25) is 0 Å². The number of hydrogen-bond acceptors (Lipinski definition) is 3. The molecular formula is C18H21N3O2S. The van der Waals surface area contributed by atoms with E-state index in [1.165, 1.54) is 11.3 Å². The molecule has 2 heterocycles. The number of nitrogens with zero attached hydrogens (tertiary/aromatic N) is 2. The van der Waals surface area contributed by atoms with Crippen molar-refractivity contribution in [2.75, 3.05) is 30.4 Å². The molecule has 0 bridgehead atoms. The van der Waals surface area contributed by atoms with E-state index >= 15 is 0 Å². The van der Waals surface area contributed by atoms with Gasteiger partial charge in [0, 0.05) is 25.8 Å². The number of amides is 3. The molecule has 1 fully saturated rings. The Labute approximate surface area is 145 Å². The van der Waals surface area contributed by atoms with Gasteiger partial charge in [-0.25, -0.2) is 4.79 Å². The molecule has 0 radical (unpaired) electrons. The Balaban J connectivity index is 1.62. The third kappa shape index (κ3) is 3.76. The Kier molecular flexibility index (Phi) is 5.15. The maximum atomic E-state index is 12.8. The predicted octanol–water partition coefficient (Wildman–Crippen LogP) is 3.66. The van der Waals surface area contributed by atoms with E-state index in [1.54, 1.807) is 16.8 Å². The molecule has 1 unspecified atom stereocenters. The highest BCUT2D eigenvalue weighted by atomic mass is 32.1. The van der Waals surface area contributed by atoms with Crippen LogP contribution in [0.1, 0.15) is 12.8 Å². The predicted molar refractivity (Wildman–Crippen MR) is 97.5 cm³/mol. The summed E-state index contributed by atoms with van der Waals surface area (Å²) in [5.74, 6) is -0.0899. The molecule has 0 aliphatic carbocycles. The number of urea groups is 1. The van der Waals surface area contributed by atoms with Gasteiger partial charge in [0.05, 0.1) is 10.9 Å². The van der Waals surface area contributed by atoms with Gasteiger partial charge in [-0.1, -0.05) is 18.2 Å². The van der Waals surface area contributed by atoms with Gasteiger partial charge < -0.3 is 9.80 Å². The summed E-state index contributed by atoms with van der Waals surface area (Å²) in [5, 5.41) is 5.64. The van der Waals surface area contributed by atoms with E-state index < -0.39 is 0 Å². The molecule has 2 aromatic rings. The molecule has 1 saturated heterocycles. The van der Waals surface area contributed by atoms with Crippen LogP contribution in [0.15, 0.2) is 47.8 Å². The summed E-state index contributed by atoms with van der Waals surface area (Å²) in [5.41, 5.74) is 0.877. The van der Waals surface area contributed by atoms with Crippen molar-refractivity contribution >= 4 is 34.0 Å². The van der Waals surface area contributed by atoms with E-state index in [1.807, 2.05) is 47.8 Å². The van der Waals surface area contributed by atoms with E-state index in [2.05, 4.69) is 5.32 Å². The smallest absolute Gasteiger partial charge is 0.322 e. The first kappa shape index (κ1) is 16.5. The monoisotopic (exact) mass is 343 g/mol. The van der Waals surface area contributed by atoms with Gasteiger partial charge in [0.15, 0.2) is 0 Å². The van der Waals surface area contributed by atoms with Crippen LogP contribution in [-0.4, -0.2) is 37.0 Å². The Morgan fingerprint density at radius 3 is 2.71 bits per heavy atom. The molecule has 0 spiro atoms. The average Bonchev–Trinajstić information content (AvgIpc) is 3.14. The summed E-state index contributed by atoms with van der Waals surface area (Å²) in [6.07, 6.45) is 1.66. The second kappa shape index (κ2) is 7.49. The summed E-state index contributed by atoms with van der Waals surface area (Å²) >= 11 is 1.49. The van der Waals surface area contributed by atoms with Crippen molar-refractivity contribution in [1.29, 1.82) is 0 Å². The topological polar surface area (TPSA) is 52.7 Å². The van der Waals surface area contributed by atoms with E-state index in [4.69, 9.17) is 0 Å². The summed E-state index contributed by atoms with van der Waals surface area (Å²) in [6, 6.07) is 13.2. The van der Waals surface area contributed by atoms with Crippen LogP contribution < -0.4 is 10.2 Å². The van der Waals surface area contributed by atoms with Gasteiger partial charge in [-0.05, 0) is 42.5 Å². The number of carbonyl (C=O) groups excluding carboxylic acids is 2. The molecule has 1 aromatic heterocycles. The van der Waals surface area contributed by atoms with Gasteiger partial charge in [0.25, 0.3) is 0 Å². The number of rotatable bonds is 3. The number of likely N-dealkylation sites (tertiary alicyclic amines) is 1. The fraction of sp³-hybridized carbons (Fsp3) is 0.333. The SMILES string of the molecule is CN(C(=O)C1CCCN(C(=O)Nc2cccs2)C1)c1ccccc1. The van der Waals surface area contributed by atoms with Crippen molar-refractivity contribution in [1.82, 2.24) is 4.90 Å². The molecule has 1 aromatic carbocycles. The van der Waals surface area contributed by atoms with Crippen molar-refractivity contribution in [3.8, 4) is 0 Å². The van der Waals surface area contributed by atoms with Gasteiger partial charge >= 0.3 is 6.03 Å². The number of anilines is 2. The Bertz CT molecular complexity index is 688. The second-order valence-corrected chi connectivity index (χ2v) is 6.87. The summed E-state index contributed by atoms with van der Waals surface area (Å²) in [4.78, 5) is 28.5. The van der Waals surface area contributed by atoms with Crippen LogP contribution in [0.25, 0.3) is 0 Å². The second-order valence-electron chi connectivity index (χ2n) is 5.93. The van der Waals surface area contributed by atoms with E-state index in [9.17, 15) is 9.59 Å². The van der Waals surface area contributed by atoms with Crippen LogP contribution in [-0.2, 0) is 4.79 Å². The highest BCUT2D eigenvalue weighted by molar-refractivity contribution is 7.14. The standard InChI is InChI=1S/C18H21N3O2S/c1-20(15-8-3-2-4-9-15)17(22)14-7-5-11-21(13-14)18(23)19-16-10-6-12-24-16/h2-4,6,8-10,12,14H,5,7,11,13H2,1H3,(H,19,23). The van der Waals surface area contributed by atoms with Crippen LogP contribution in [0.3, 0.4) is 0 Å². The number of hydrogen-bond donors (Lipinski definition) is 1. The largest absolute Gasteiger partial charge is 0.324 e. The zero-order valence-electron chi connectivity index (χ0n) is 13.6. The molecule has 1 aliphatic heterocycles. The zero-order valence-corrected chi connectivity index (χ0v) is 14.5. The van der Waals surface area contributed by atoms with Crippen molar-refractivity contribution in [3.63, 3.8) is 0 Å². The van der Waals surface area contributed by atoms with Crippen LogP contribution in [0.4, 0.5) is 15.5 Å². The lowest BCUT2D eigenvalue weighted by Gasteiger charge is -2.33. The summed E-state index contributed by atoms with van der Waals surface area (Å²) in [6.45, 7) is 1.16. The Hall–Kier alpha value is -2.34. The first-order chi connectivity index (χ1) is 11.6. The summed E-state index contributed by atoms with van der Waals surface area (Å²) < 4.78 is 0. The first-order valence-corrected chi connectivity index (χ1v) is 8.95. The van der Waals surface area contributed by atoms with E-state index in [0.29, 0.717) is 13.1 Å². The number of nitrogens with one attached hydrogen (secondary N) is 1. The molecule has 3 rings (SSSR count). The summed E-state index contributed by atoms with van der Waals surface area (Å²) in [7, 11) is 1.79. The lowest BCUT2D eigenvalue weighted by molar-refractivity contribution is -0.123. The fourth-order valence-corrected chi connectivity index (χ4v) is 3.56. The third-order valence-corrected chi connectivity index (χ3v) is 5.07. The third-order valence-electron chi connectivity index (χ3n) is 4.28. The lowest BCUT2D eigenvalue weighted by Crippen LogP contribution is -2.47. The van der Waals surface area contributed by atoms with Crippen LogP contribution >= 0.6 is 11.3 Å². The molecule has 6 heteroatoms. The fourth-order valence-electron chi connectivity index (χ4n) is 2.95. The van der Waals surface area contributed by atoms with Crippen molar-refractivity contribution in [2.24, 2.45) is 5.92 Å². The molecule has 126 valence electrons.